The van der Waals surface area contributed by atoms with Crippen LogP contribution < -0.4 is 10.6 Å². The number of aliphatic hydroxyl groups excluding tert-OH is 1. The van der Waals surface area contributed by atoms with Crippen molar-refractivity contribution in [2.45, 2.75) is 13.0 Å². The van der Waals surface area contributed by atoms with Crippen molar-refractivity contribution in [3.05, 3.63) is 46.7 Å². The summed E-state index contributed by atoms with van der Waals surface area (Å²) in [6, 6.07) is 4.52. The van der Waals surface area contributed by atoms with Gasteiger partial charge in [-0.25, -0.2) is 14.2 Å². The second-order valence-electron chi connectivity index (χ2n) is 4.18. The minimum absolute atomic E-state index is 0.282. The Morgan fingerprint density at radius 2 is 2.15 bits per heavy atom. The molecule has 0 unspecified atom stereocenters. The standard InChI is InChI=1S/C13H14FN3O2S/c1-8-7-20-13(15-8)17-12(19)16-11(6-18)9-2-4-10(14)5-3-9/h2-5,7,11,18H,6H2,1H3,(H2,15,16,17,19)/t11-/m1/s1. The van der Waals surface area contributed by atoms with Crippen LogP contribution in [-0.2, 0) is 0 Å². The van der Waals surface area contributed by atoms with Gasteiger partial charge in [0.2, 0.25) is 0 Å². The number of benzene rings is 1. The SMILES string of the molecule is Cc1csc(NC(=O)N[C@H](CO)c2ccc(F)cc2)n1. The van der Waals surface area contributed by atoms with Gasteiger partial charge in [-0.3, -0.25) is 5.32 Å². The van der Waals surface area contributed by atoms with Crippen molar-refractivity contribution in [3.8, 4) is 0 Å². The molecule has 2 aromatic rings. The van der Waals surface area contributed by atoms with E-state index in [4.69, 9.17) is 0 Å². The van der Waals surface area contributed by atoms with E-state index in [1.54, 1.807) is 0 Å². The van der Waals surface area contributed by atoms with Crippen molar-refractivity contribution in [2.24, 2.45) is 0 Å². The number of thiazole rings is 1. The Labute approximate surface area is 119 Å². The molecule has 0 aliphatic carbocycles. The monoisotopic (exact) mass is 295 g/mol. The van der Waals surface area contributed by atoms with Crippen LogP contribution in [0, 0.1) is 12.7 Å². The molecule has 7 heteroatoms. The van der Waals surface area contributed by atoms with Crippen LogP contribution in [0.5, 0.6) is 0 Å². The Morgan fingerprint density at radius 3 is 2.70 bits per heavy atom. The lowest BCUT2D eigenvalue weighted by atomic mass is 10.1. The summed E-state index contributed by atoms with van der Waals surface area (Å²) in [7, 11) is 0. The summed E-state index contributed by atoms with van der Waals surface area (Å²) in [6.07, 6.45) is 0. The molecule has 5 nitrogen and oxygen atoms in total. The molecule has 0 saturated carbocycles. The Morgan fingerprint density at radius 1 is 1.45 bits per heavy atom. The predicted octanol–water partition coefficient (Wildman–Crippen LogP) is 2.45. The third-order valence-corrected chi connectivity index (χ3v) is 3.48. The second-order valence-corrected chi connectivity index (χ2v) is 5.04. The lowest BCUT2D eigenvalue weighted by Crippen LogP contribution is -2.34. The van der Waals surface area contributed by atoms with Crippen molar-refractivity contribution in [3.63, 3.8) is 0 Å². The summed E-state index contributed by atoms with van der Waals surface area (Å²) in [5, 5.41) is 16.8. The first kappa shape index (κ1) is 14.4. The number of hydrogen-bond donors (Lipinski definition) is 3. The highest BCUT2D eigenvalue weighted by Crippen LogP contribution is 2.16. The van der Waals surface area contributed by atoms with Gasteiger partial charge in [-0.2, -0.15) is 0 Å². The number of carbonyl (C=O) groups excluding carboxylic acids is 1. The molecule has 0 fully saturated rings. The van der Waals surface area contributed by atoms with E-state index in [2.05, 4.69) is 15.6 Å². The van der Waals surface area contributed by atoms with E-state index in [1.807, 2.05) is 12.3 Å². The van der Waals surface area contributed by atoms with Crippen LogP contribution in [0.3, 0.4) is 0 Å². The van der Waals surface area contributed by atoms with Gasteiger partial charge in [-0.1, -0.05) is 12.1 Å². The molecule has 1 atom stereocenters. The van der Waals surface area contributed by atoms with E-state index in [0.29, 0.717) is 10.7 Å². The normalized spacial score (nSPS) is 11.9. The minimum Gasteiger partial charge on any atom is -0.394 e. The van der Waals surface area contributed by atoms with Crippen molar-refractivity contribution in [1.82, 2.24) is 10.3 Å². The first-order chi connectivity index (χ1) is 9.58. The van der Waals surface area contributed by atoms with E-state index in [9.17, 15) is 14.3 Å². The average molecular weight is 295 g/mol. The third kappa shape index (κ3) is 3.75. The zero-order valence-corrected chi connectivity index (χ0v) is 11.6. The van der Waals surface area contributed by atoms with Crippen LogP contribution in [0.25, 0.3) is 0 Å². The fourth-order valence-corrected chi connectivity index (χ4v) is 2.32. The van der Waals surface area contributed by atoms with Crippen LogP contribution in [0.1, 0.15) is 17.3 Å². The fourth-order valence-electron chi connectivity index (χ4n) is 1.63. The summed E-state index contributed by atoms with van der Waals surface area (Å²) in [6.45, 7) is 1.55. The zero-order valence-electron chi connectivity index (χ0n) is 10.8. The van der Waals surface area contributed by atoms with Crippen LogP contribution in [-0.4, -0.2) is 22.7 Å². The molecular weight excluding hydrogens is 281 g/mol. The number of urea groups is 1. The molecule has 20 heavy (non-hydrogen) atoms. The van der Waals surface area contributed by atoms with Gasteiger partial charge in [0.25, 0.3) is 0 Å². The van der Waals surface area contributed by atoms with E-state index in [-0.39, 0.29) is 12.4 Å². The maximum atomic E-state index is 12.8. The van der Waals surface area contributed by atoms with Gasteiger partial charge in [0.05, 0.1) is 18.3 Å². The number of anilines is 1. The number of aliphatic hydroxyl groups is 1. The third-order valence-electron chi connectivity index (χ3n) is 2.60. The highest BCUT2D eigenvalue weighted by atomic mass is 32.1. The summed E-state index contributed by atoms with van der Waals surface area (Å²) >= 11 is 1.32. The smallest absolute Gasteiger partial charge is 0.321 e. The maximum Gasteiger partial charge on any atom is 0.321 e. The molecular formula is C13H14FN3O2S. The molecule has 2 rings (SSSR count). The lowest BCUT2D eigenvalue weighted by molar-refractivity contribution is 0.225. The van der Waals surface area contributed by atoms with E-state index in [0.717, 1.165) is 5.69 Å². The van der Waals surface area contributed by atoms with Crippen LogP contribution >= 0.6 is 11.3 Å². The molecule has 106 valence electrons. The van der Waals surface area contributed by atoms with Crippen LogP contribution in [0.4, 0.5) is 14.3 Å². The largest absolute Gasteiger partial charge is 0.394 e. The molecule has 3 N–H and O–H groups in total. The second kappa shape index (κ2) is 6.44. The lowest BCUT2D eigenvalue weighted by Gasteiger charge is -2.16. The molecule has 0 radical (unpaired) electrons. The quantitative estimate of drug-likeness (QED) is 0.811. The van der Waals surface area contributed by atoms with Gasteiger partial charge in [-0.15, -0.1) is 11.3 Å². The Hall–Kier alpha value is -1.99. The topological polar surface area (TPSA) is 74.2 Å². The fraction of sp³-hybridized carbons (Fsp3) is 0.231. The number of halogens is 1. The summed E-state index contributed by atoms with van der Waals surface area (Å²) in [5.41, 5.74) is 1.45. The first-order valence-electron chi connectivity index (χ1n) is 5.94. The molecule has 0 aliphatic rings. The number of rotatable bonds is 4. The van der Waals surface area contributed by atoms with Crippen LogP contribution in [0.15, 0.2) is 29.6 Å². The van der Waals surface area contributed by atoms with Gasteiger partial charge in [-0.05, 0) is 24.6 Å². The molecule has 1 aromatic carbocycles. The highest BCUT2D eigenvalue weighted by Gasteiger charge is 2.14. The number of nitrogens with zero attached hydrogens (tertiary/aromatic N) is 1. The summed E-state index contributed by atoms with van der Waals surface area (Å²) in [4.78, 5) is 15.9. The Balaban J connectivity index is 1.99. The molecule has 1 heterocycles. The average Bonchev–Trinajstić information content (AvgIpc) is 2.82. The van der Waals surface area contributed by atoms with E-state index in [1.165, 1.54) is 35.6 Å². The Bertz CT molecular complexity index is 586. The molecule has 0 aliphatic heterocycles. The molecule has 1 aromatic heterocycles. The van der Waals surface area contributed by atoms with Crippen LogP contribution in [0.2, 0.25) is 0 Å². The highest BCUT2D eigenvalue weighted by molar-refractivity contribution is 7.13. The first-order valence-corrected chi connectivity index (χ1v) is 6.82. The number of nitrogens with one attached hydrogen (secondary N) is 2. The summed E-state index contributed by atoms with van der Waals surface area (Å²) in [5.74, 6) is -0.367. The van der Waals surface area contributed by atoms with Crippen molar-refractivity contribution >= 4 is 22.5 Å². The van der Waals surface area contributed by atoms with E-state index < -0.39 is 12.1 Å². The molecule has 0 saturated heterocycles. The molecule has 2 amide bonds. The number of hydrogen-bond acceptors (Lipinski definition) is 4. The summed E-state index contributed by atoms with van der Waals surface area (Å²) < 4.78 is 12.8. The van der Waals surface area contributed by atoms with E-state index >= 15 is 0 Å². The van der Waals surface area contributed by atoms with Crippen molar-refractivity contribution in [1.29, 1.82) is 0 Å². The maximum absolute atomic E-state index is 12.8. The van der Waals surface area contributed by atoms with Gasteiger partial charge in [0, 0.05) is 5.38 Å². The number of carbonyl (C=O) groups is 1. The minimum atomic E-state index is -0.600. The number of aromatic nitrogens is 1. The number of aryl methyl sites for hydroxylation is 1. The molecule has 0 bridgehead atoms. The van der Waals surface area contributed by atoms with Gasteiger partial charge in [0.15, 0.2) is 5.13 Å². The van der Waals surface area contributed by atoms with Gasteiger partial charge < -0.3 is 10.4 Å². The number of amides is 2. The molecule has 0 spiro atoms. The zero-order chi connectivity index (χ0) is 14.5. The van der Waals surface area contributed by atoms with Gasteiger partial charge >= 0.3 is 6.03 Å². The van der Waals surface area contributed by atoms with Crippen molar-refractivity contribution < 1.29 is 14.3 Å². The predicted molar refractivity (Wildman–Crippen MR) is 75.2 cm³/mol. The Kier molecular flexibility index (Phi) is 4.65. The van der Waals surface area contributed by atoms with Crippen molar-refractivity contribution in [2.75, 3.05) is 11.9 Å². The van der Waals surface area contributed by atoms with Gasteiger partial charge in [0.1, 0.15) is 5.82 Å².